The van der Waals surface area contributed by atoms with E-state index in [1.807, 2.05) is 0 Å². The second-order valence-electron chi connectivity index (χ2n) is 4.59. The van der Waals surface area contributed by atoms with Crippen LogP contribution < -0.4 is 4.74 Å². The third kappa shape index (κ3) is 2.20. The summed E-state index contributed by atoms with van der Waals surface area (Å²) in [4.78, 5) is 7.83. The average molecular weight is 272 g/mol. The molecule has 1 fully saturated rings. The molecule has 2 unspecified atom stereocenters. The van der Waals surface area contributed by atoms with Gasteiger partial charge in [-0.1, -0.05) is 0 Å². The van der Waals surface area contributed by atoms with E-state index in [9.17, 15) is 13.5 Å². The summed E-state index contributed by atoms with van der Waals surface area (Å²) < 4.78 is 28.3. The molecule has 0 saturated heterocycles. The van der Waals surface area contributed by atoms with E-state index in [0.29, 0.717) is 24.8 Å². The molecule has 0 spiro atoms. The molecule has 1 saturated carbocycles. The maximum atomic E-state index is 11.7. The summed E-state index contributed by atoms with van der Waals surface area (Å²) in [6.45, 7) is 0. The topological polar surface area (TPSA) is 89.4 Å². The third-order valence-corrected chi connectivity index (χ3v) is 5.04. The van der Waals surface area contributed by atoms with E-state index in [0.717, 1.165) is 6.26 Å². The summed E-state index contributed by atoms with van der Waals surface area (Å²) in [6, 6.07) is 0.191. The van der Waals surface area contributed by atoms with Crippen molar-refractivity contribution in [3.05, 3.63) is 18.0 Å². The standard InChI is InChI=1S/C11H16N2O4S/c1-17-10-12-6-8(7-13-10)11(14)5-3-4-9(11)18(2,15)16/h6-7,9,14H,3-5H2,1-2H3. The molecule has 1 aromatic heterocycles. The molecule has 6 nitrogen and oxygen atoms in total. The second-order valence-corrected chi connectivity index (χ2v) is 6.82. The first-order valence-corrected chi connectivity index (χ1v) is 7.61. The van der Waals surface area contributed by atoms with Crippen LogP contribution in [-0.2, 0) is 15.4 Å². The molecule has 0 radical (unpaired) electrons. The lowest BCUT2D eigenvalue weighted by atomic mass is 9.94. The highest BCUT2D eigenvalue weighted by atomic mass is 32.2. The van der Waals surface area contributed by atoms with E-state index in [4.69, 9.17) is 4.74 Å². The number of methoxy groups -OCH3 is 1. The second kappa shape index (κ2) is 4.47. The largest absolute Gasteiger partial charge is 0.467 e. The first-order valence-electron chi connectivity index (χ1n) is 5.65. The monoisotopic (exact) mass is 272 g/mol. The SMILES string of the molecule is COc1ncc(C2(O)CCCC2S(C)(=O)=O)cn1. The smallest absolute Gasteiger partial charge is 0.316 e. The van der Waals surface area contributed by atoms with Crippen LogP contribution in [-0.4, -0.2) is 42.1 Å². The van der Waals surface area contributed by atoms with E-state index in [1.54, 1.807) is 0 Å². The first kappa shape index (κ1) is 13.2. The van der Waals surface area contributed by atoms with Crippen molar-refractivity contribution in [1.29, 1.82) is 0 Å². The van der Waals surface area contributed by atoms with Gasteiger partial charge < -0.3 is 9.84 Å². The van der Waals surface area contributed by atoms with Crippen LogP contribution in [0, 0.1) is 0 Å². The Hall–Kier alpha value is -1.21. The highest BCUT2D eigenvalue weighted by molar-refractivity contribution is 7.91. The molecule has 1 aromatic rings. The molecule has 0 aromatic carbocycles. The minimum atomic E-state index is -3.31. The minimum absolute atomic E-state index is 0.191. The fraction of sp³-hybridized carbons (Fsp3) is 0.636. The Labute approximate surface area is 106 Å². The van der Waals surface area contributed by atoms with Crippen LogP contribution in [0.5, 0.6) is 6.01 Å². The number of aliphatic hydroxyl groups is 1. The van der Waals surface area contributed by atoms with Gasteiger partial charge in [-0.25, -0.2) is 18.4 Å². The van der Waals surface area contributed by atoms with Crippen molar-refractivity contribution in [3.63, 3.8) is 0 Å². The Kier molecular flexibility index (Phi) is 3.29. The molecular formula is C11H16N2O4S. The van der Waals surface area contributed by atoms with E-state index < -0.39 is 20.7 Å². The zero-order valence-electron chi connectivity index (χ0n) is 10.3. The number of sulfone groups is 1. The maximum absolute atomic E-state index is 11.7. The first-order chi connectivity index (χ1) is 8.38. The number of hydrogen-bond donors (Lipinski definition) is 1. The van der Waals surface area contributed by atoms with Crippen molar-refractivity contribution in [2.75, 3.05) is 13.4 Å². The lowest BCUT2D eigenvalue weighted by molar-refractivity contribution is 0.0468. The lowest BCUT2D eigenvalue weighted by Gasteiger charge is -2.28. The predicted molar refractivity (Wildman–Crippen MR) is 65.0 cm³/mol. The summed E-state index contributed by atoms with van der Waals surface area (Å²) in [5.41, 5.74) is -0.962. The van der Waals surface area contributed by atoms with E-state index in [1.165, 1.54) is 19.5 Å². The van der Waals surface area contributed by atoms with Gasteiger partial charge in [0.2, 0.25) is 0 Å². The molecule has 7 heteroatoms. The minimum Gasteiger partial charge on any atom is -0.467 e. The van der Waals surface area contributed by atoms with Crippen LogP contribution in [0.2, 0.25) is 0 Å². The average Bonchev–Trinajstić information content (AvgIpc) is 2.72. The summed E-state index contributed by atoms with van der Waals surface area (Å²) in [5.74, 6) is 0. The maximum Gasteiger partial charge on any atom is 0.316 e. The van der Waals surface area contributed by atoms with Gasteiger partial charge in [-0.05, 0) is 19.3 Å². The van der Waals surface area contributed by atoms with Gasteiger partial charge in [0.05, 0.1) is 12.4 Å². The van der Waals surface area contributed by atoms with Gasteiger partial charge in [-0.3, -0.25) is 0 Å². The molecule has 0 amide bonds. The van der Waals surface area contributed by atoms with Crippen molar-refractivity contribution >= 4 is 9.84 Å². The molecule has 1 aliphatic rings. The van der Waals surface area contributed by atoms with Crippen molar-refractivity contribution in [2.24, 2.45) is 0 Å². The van der Waals surface area contributed by atoms with E-state index in [2.05, 4.69) is 9.97 Å². The predicted octanol–water partition coefficient (Wildman–Crippen LogP) is 0.270. The molecule has 100 valence electrons. The molecule has 1 aliphatic carbocycles. The quantitative estimate of drug-likeness (QED) is 0.849. The van der Waals surface area contributed by atoms with Gasteiger partial charge in [0.25, 0.3) is 0 Å². The Morgan fingerprint density at radius 2 is 2.06 bits per heavy atom. The molecule has 1 heterocycles. The molecule has 2 rings (SSSR count). The van der Waals surface area contributed by atoms with Gasteiger partial charge in [0.1, 0.15) is 5.60 Å². The number of rotatable bonds is 3. The molecule has 1 N–H and O–H groups in total. The summed E-state index contributed by atoms with van der Waals surface area (Å²) in [5, 5.41) is 9.83. The number of aromatic nitrogens is 2. The van der Waals surface area contributed by atoms with Gasteiger partial charge in [0.15, 0.2) is 9.84 Å². The van der Waals surface area contributed by atoms with E-state index in [-0.39, 0.29) is 6.01 Å². The van der Waals surface area contributed by atoms with Gasteiger partial charge in [0, 0.05) is 24.2 Å². The molecule has 0 aliphatic heterocycles. The summed E-state index contributed by atoms with van der Waals surface area (Å²) in [6.07, 6.45) is 5.53. The van der Waals surface area contributed by atoms with Crippen LogP contribution in [0.4, 0.5) is 0 Å². The molecule has 18 heavy (non-hydrogen) atoms. The van der Waals surface area contributed by atoms with Crippen LogP contribution >= 0.6 is 0 Å². The summed E-state index contributed by atoms with van der Waals surface area (Å²) >= 11 is 0. The Morgan fingerprint density at radius 1 is 1.44 bits per heavy atom. The van der Waals surface area contributed by atoms with E-state index >= 15 is 0 Å². The van der Waals surface area contributed by atoms with Crippen molar-refractivity contribution in [1.82, 2.24) is 9.97 Å². The number of nitrogens with zero attached hydrogens (tertiary/aromatic N) is 2. The van der Waals surface area contributed by atoms with Crippen molar-refractivity contribution in [2.45, 2.75) is 30.1 Å². The third-order valence-electron chi connectivity index (χ3n) is 3.38. The normalized spacial score (nSPS) is 28.3. The van der Waals surface area contributed by atoms with Crippen molar-refractivity contribution < 1.29 is 18.3 Å². The van der Waals surface area contributed by atoms with Crippen LogP contribution in [0.25, 0.3) is 0 Å². The van der Waals surface area contributed by atoms with Gasteiger partial charge >= 0.3 is 6.01 Å². The number of ether oxygens (including phenoxy) is 1. The van der Waals surface area contributed by atoms with Crippen LogP contribution in [0.15, 0.2) is 12.4 Å². The molecule has 2 atom stereocenters. The Balaban J connectivity index is 2.40. The van der Waals surface area contributed by atoms with Gasteiger partial charge in [-0.15, -0.1) is 0 Å². The highest BCUT2D eigenvalue weighted by Crippen LogP contribution is 2.42. The lowest BCUT2D eigenvalue weighted by Crippen LogP contribution is -2.39. The van der Waals surface area contributed by atoms with Crippen LogP contribution in [0.3, 0.4) is 0 Å². The van der Waals surface area contributed by atoms with Crippen LogP contribution in [0.1, 0.15) is 24.8 Å². The summed E-state index contributed by atoms with van der Waals surface area (Å²) in [7, 11) is -1.87. The molecule has 0 bridgehead atoms. The van der Waals surface area contributed by atoms with Gasteiger partial charge in [-0.2, -0.15) is 0 Å². The highest BCUT2D eigenvalue weighted by Gasteiger charge is 2.48. The number of hydrogen-bond acceptors (Lipinski definition) is 6. The fourth-order valence-corrected chi connectivity index (χ4v) is 4.06. The Bertz CT molecular complexity index is 528. The fourth-order valence-electron chi connectivity index (χ4n) is 2.50. The Morgan fingerprint density at radius 3 is 2.56 bits per heavy atom. The zero-order chi connectivity index (χ0) is 13.4. The zero-order valence-corrected chi connectivity index (χ0v) is 11.1. The molecular weight excluding hydrogens is 256 g/mol. The van der Waals surface area contributed by atoms with Crippen molar-refractivity contribution in [3.8, 4) is 6.01 Å².